The molecule has 2 N–H and O–H groups in total. The maximum absolute atomic E-state index is 11.1. The Kier molecular flexibility index (Phi) is 4.39. The Balaban J connectivity index is 2.14. The van der Waals surface area contributed by atoms with E-state index >= 15 is 0 Å². The number of benzene rings is 2. The zero-order valence-electron chi connectivity index (χ0n) is 10.7. The maximum Gasteiger partial charge on any atom is 0.337 e. The van der Waals surface area contributed by atoms with Crippen LogP contribution < -0.4 is 5.32 Å². The van der Waals surface area contributed by atoms with E-state index in [-0.39, 0.29) is 11.3 Å². The molecule has 0 radical (unpaired) electrons. The van der Waals surface area contributed by atoms with E-state index in [0.29, 0.717) is 17.3 Å². The fourth-order valence-electron chi connectivity index (χ4n) is 1.78. The largest absolute Gasteiger partial charge is 0.478 e. The summed E-state index contributed by atoms with van der Waals surface area (Å²) in [7, 11) is 0. The van der Waals surface area contributed by atoms with Crippen LogP contribution in [0.1, 0.15) is 15.9 Å². The lowest BCUT2D eigenvalue weighted by molar-refractivity contribution is -0.384. The quantitative estimate of drug-likeness (QED) is 0.651. The van der Waals surface area contributed by atoms with Crippen molar-refractivity contribution in [1.82, 2.24) is 0 Å². The second-order valence-corrected chi connectivity index (χ2v) is 4.71. The number of nitrogens with zero attached hydrogens (tertiary/aromatic N) is 1. The van der Waals surface area contributed by atoms with Crippen LogP contribution in [0.5, 0.6) is 0 Å². The number of nitrogens with one attached hydrogen (secondary N) is 1. The summed E-state index contributed by atoms with van der Waals surface area (Å²) in [5.74, 6) is -1.06. The van der Waals surface area contributed by atoms with Crippen molar-refractivity contribution in [3.63, 3.8) is 0 Å². The maximum atomic E-state index is 11.1. The molecule has 0 saturated carbocycles. The summed E-state index contributed by atoms with van der Waals surface area (Å²) in [5, 5.41) is 23.0. The standard InChI is InChI=1S/C14H11ClN2O4/c15-10-3-6-12(14(18)19)13(7-10)16-8-9-1-4-11(5-2-9)17(20)21/h1-7,16H,8H2,(H,18,19). The number of anilines is 1. The lowest BCUT2D eigenvalue weighted by atomic mass is 10.1. The lowest BCUT2D eigenvalue weighted by Crippen LogP contribution is -2.06. The molecule has 0 fully saturated rings. The van der Waals surface area contributed by atoms with Crippen molar-refractivity contribution >= 4 is 28.9 Å². The van der Waals surface area contributed by atoms with Gasteiger partial charge in [-0.15, -0.1) is 0 Å². The van der Waals surface area contributed by atoms with Gasteiger partial charge in [0.05, 0.1) is 16.2 Å². The first-order chi connectivity index (χ1) is 9.97. The average molecular weight is 307 g/mol. The topological polar surface area (TPSA) is 92.5 Å². The summed E-state index contributed by atoms with van der Waals surface area (Å²) in [6, 6.07) is 10.5. The second-order valence-electron chi connectivity index (χ2n) is 4.27. The molecule has 2 rings (SSSR count). The smallest absolute Gasteiger partial charge is 0.337 e. The van der Waals surface area contributed by atoms with Gasteiger partial charge in [0.2, 0.25) is 0 Å². The Labute approximate surface area is 125 Å². The van der Waals surface area contributed by atoms with E-state index in [2.05, 4.69) is 5.32 Å². The first kappa shape index (κ1) is 14.8. The van der Waals surface area contributed by atoms with Gasteiger partial charge in [0.1, 0.15) is 0 Å². The molecule has 0 heterocycles. The predicted octanol–water partition coefficient (Wildman–Crippen LogP) is 3.56. The molecule has 108 valence electrons. The van der Waals surface area contributed by atoms with Gasteiger partial charge in [0.15, 0.2) is 0 Å². The Hall–Kier alpha value is -2.60. The van der Waals surface area contributed by atoms with Crippen molar-refractivity contribution < 1.29 is 14.8 Å². The summed E-state index contributed by atoms with van der Waals surface area (Å²) >= 11 is 5.85. The summed E-state index contributed by atoms with van der Waals surface area (Å²) in [4.78, 5) is 21.2. The third-order valence-corrected chi connectivity index (χ3v) is 3.08. The monoisotopic (exact) mass is 306 g/mol. The molecule has 0 aliphatic carbocycles. The van der Waals surface area contributed by atoms with E-state index in [1.807, 2.05) is 0 Å². The van der Waals surface area contributed by atoms with Gasteiger partial charge < -0.3 is 10.4 Å². The summed E-state index contributed by atoms with van der Waals surface area (Å²) < 4.78 is 0. The number of carboxylic acids is 1. The number of rotatable bonds is 5. The first-order valence-electron chi connectivity index (χ1n) is 5.97. The third-order valence-electron chi connectivity index (χ3n) is 2.84. The van der Waals surface area contributed by atoms with Crippen LogP contribution >= 0.6 is 11.6 Å². The highest BCUT2D eigenvalue weighted by atomic mass is 35.5. The fourth-order valence-corrected chi connectivity index (χ4v) is 1.95. The van der Waals surface area contributed by atoms with Crippen LogP contribution in [0.15, 0.2) is 42.5 Å². The number of nitro groups is 1. The second kappa shape index (κ2) is 6.23. The molecule has 0 unspecified atom stereocenters. The first-order valence-corrected chi connectivity index (χ1v) is 6.35. The highest BCUT2D eigenvalue weighted by molar-refractivity contribution is 6.31. The van der Waals surface area contributed by atoms with Crippen molar-refractivity contribution in [1.29, 1.82) is 0 Å². The number of carboxylic acid groups (broad SMARTS) is 1. The van der Waals surface area contributed by atoms with Crippen molar-refractivity contribution in [2.75, 3.05) is 5.32 Å². The van der Waals surface area contributed by atoms with Gasteiger partial charge in [-0.3, -0.25) is 10.1 Å². The average Bonchev–Trinajstić information content (AvgIpc) is 2.45. The van der Waals surface area contributed by atoms with Crippen molar-refractivity contribution in [2.24, 2.45) is 0 Å². The predicted molar refractivity (Wildman–Crippen MR) is 78.8 cm³/mol. The highest BCUT2D eigenvalue weighted by Gasteiger charge is 2.10. The van der Waals surface area contributed by atoms with Gasteiger partial charge in [-0.2, -0.15) is 0 Å². The van der Waals surface area contributed by atoms with Crippen molar-refractivity contribution in [3.8, 4) is 0 Å². The van der Waals surface area contributed by atoms with Gasteiger partial charge in [-0.1, -0.05) is 23.7 Å². The third kappa shape index (κ3) is 3.70. The Morgan fingerprint density at radius 1 is 1.24 bits per heavy atom. The van der Waals surface area contributed by atoms with Crippen LogP contribution in [-0.2, 0) is 6.54 Å². The summed E-state index contributed by atoms with van der Waals surface area (Å²) in [6.07, 6.45) is 0. The minimum Gasteiger partial charge on any atom is -0.478 e. The molecule has 0 atom stereocenters. The summed E-state index contributed by atoms with van der Waals surface area (Å²) in [6.45, 7) is 0.332. The van der Waals surface area contributed by atoms with Crippen LogP contribution in [0.4, 0.5) is 11.4 Å². The molecule has 21 heavy (non-hydrogen) atoms. The SMILES string of the molecule is O=C(O)c1ccc(Cl)cc1NCc1ccc([N+](=O)[O-])cc1. The number of halogens is 1. The van der Waals surface area contributed by atoms with E-state index in [1.165, 1.54) is 30.3 Å². The van der Waals surface area contributed by atoms with Crippen LogP contribution in [0.3, 0.4) is 0 Å². The molecule has 0 aromatic heterocycles. The number of non-ortho nitro benzene ring substituents is 1. The Morgan fingerprint density at radius 3 is 2.48 bits per heavy atom. The number of hydrogen-bond donors (Lipinski definition) is 2. The molecule has 7 heteroatoms. The van der Waals surface area contributed by atoms with Gasteiger partial charge in [-0.25, -0.2) is 4.79 Å². The van der Waals surface area contributed by atoms with Crippen LogP contribution in [-0.4, -0.2) is 16.0 Å². The Bertz CT molecular complexity index is 686. The van der Waals surface area contributed by atoms with Crippen LogP contribution in [0.25, 0.3) is 0 Å². The molecule has 0 aliphatic heterocycles. The van der Waals surface area contributed by atoms with E-state index < -0.39 is 10.9 Å². The highest BCUT2D eigenvalue weighted by Crippen LogP contribution is 2.22. The molecule has 0 saturated heterocycles. The van der Waals surface area contributed by atoms with Crippen LogP contribution in [0.2, 0.25) is 5.02 Å². The molecular formula is C14H11ClN2O4. The number of aromatic carboxylic acids is 1. The molecule has 6 nitrogen and oxygen atoms in total. The van der Waals surface area contributed by atoms with E-state index in [4.69, 9.17) is 16.7 Å². The van der Waals surface area contributed by atoms with Crippen molar-refractivity contribution in [2.45, 2.75) is 6.54 Å². The number of carbonyl (C=O) groups is 1. The van der Waals surface area contributed by atoms with Gasteiger partial charge in [-0.05, 0) is 23.8 Å². The molecule has 0 bridgehead atoms. The normalized spacial score (nSPS) is 10.1. The molecule has 2 aromatic carbocycles. The van der Waals surface area contributed by atoms with E-state index in [0.717, 1.165) is 5.56 Å². The fraction of sp³-hybridized carbons (Fsp3) is 0.0714. The summed E-state index contributed by atoms with van der Waals surface area (Å²) in [5.41, 5.74) is 1.30. The van der Waals surface area contributed by atoms with E-state index in [9.17, 15) is 14.9 Å². The van der Waals surface area contributed by atoms with Crippen LogP contribution in [0, 0.1) is 10.1 Å². The zero-order valence-corrected chi connectivity index (χ0v) is 11.5. The molecule has 0 aliphatic rings. The minimum atomic E-state index is -1.06. The van der Waals surface area contributed by atoms with Gasteiger partial charge >= 0.3 is 5.97 Å². The number of hydrogen-bond acceptors (Lipinski definition) is 4. The zero-order chi connectivity index (χ0) is 15.4. The number of nitro benzene ring substituents is 1. The Morgan fingerprint density at radius 2 is 1.90 bits per heavy atom. The molecule has 2 aromatic rings. The minimum absolute atomic E-state index is 0.00716. The van der Waals surface area contributed by atoms with E-state index in [1.54, 1.807) is 12.1 Å². The molecule has 0 spiro atoms. The van der Waals surface area contributed by atoms with Gasteiger partial charge in [0, 0.05) is 23.7 Å². The van der Waals surface area contributed by atoms with Gasteiger partial charge in [0.25, 0.3) is 5.69 Å². The molecule has 0 amide bonds. The molecular weight excluding hydrogens is 296 g/mol. The van der Waals surface area contributed by atoms with Crippen molar-refractivity contribution in [3.05, 3.63) is 68.7 Å². The lowest BCUT2D eigenvalue weighted by Gasteiger charge is -2.10.